The van der Waals surface area contributed by atoms with Crippen molar-refractivity contribution < 1.29 is 8.78 Å². The molecule has 0 saturated heterocycles. The van der Waals surface area contributed by atoms with Gasteiger partial charge < -0.3 is 0 Å². The fourth-order valence-electron chi connectivity index (χ4n) is 2.66. The Morgan fingerprint density at radius 3 is 2.21 bits per heavy atom. The number of hydrogen-bond donors (Lipinski definition) is 0. The van der Waals surface area contributed by atoms with Crippen LogP contribution < -0.4 is 0 Å². The number of nitriles is 1. The molecule has 2 rings (SSSR count). The summed E-state index contributed by atoms with van der Waals surface area (Å²) in [5.74, 6) is -2.83. The molecule has 102 valence electrons. The Balaban J connectivity index is 2.22. The summed E-state index contributed by atoms with van der Waals surface area (Å²) < 4.78 is 27.9. The van der Waals surface area contributed by atoms with Gasteiger partial charge in [0.25, 0.3) is 5.92 Å². The van der Waals surface area contributed by atoms with E-state index in [-0.39, 0.29) is 17.9 Å². The zero-order valence-corrected chi connectivity index (χ0v) is 11.4. The smallest absolute Gasteiger partial charge is 0.201 e. The van der Waals surface area contributed by atoms with Crippen molar-refractivity contribution in [3.8, 4) is 6.07 Å². The minimum absolute atomic E-state index is 0.0493. The van der Waals surface area contributed by atoms with Gasteiger partial charge in [-0.25, -0.2) is 8.78 Å². The van der Waals surface area contributed by atoms with Crippen molar-refractivity contribution in [2.45, 2.75) is 50.9 Å². The van der Waals surface area contributed by atoms with E-state index in [9.17, 15) is 14.0 Å². The molecule has 0 N–H and O–H groups in total. The Morgan fingerprint density at radius 2 is 1.84 bits per heavy atom. The first kappa shape index (κ1) is 14.0. The summed E-state index contributed by atoms with van der Waals surface area (Å²) in [7, 11) is 0. The lowest BCUT2D eigenvalue weighted by Gasteiger charge is -2.35. The molecule has 1 fully saturated rings. The van der Waals surface area contributed by atoms with Gasteiger partial charge in [-0.1, -0.05) is 38.1 Å². The zero-order valence-electron chi connectivity index (χ0n) is 11.4. The number of rotatable bonds is 4. The quantitative estimate of drug-likeness (QED) is 0.767. The lowest BCUT2D eigenvalue weighted by molar-refractivity contribution is -0.0249. The minimum Gasteiger partial charge on any atom is -0.201 e. The Hall–Kier alpha value is -1.43. The van der Waals surface area contributed by atoms with Gasteiger partial charge in [0.15, 0.2) is 0 Å². The first-order valence-corrected chi connectivity index (χ1v) is 6.80. The fraction of sp³-hybridized carbons (Fsp3) is 0.562. The predicted octanol–water partition coefficient (Wildman–Crippen LogP) is 4.77. The maximum absolute atomic E-state index is 13.9. The molecular weight excluding hydrogens is 244 g/mol. The van der Waals surface area contributed by atoms with Crippen molar-refractivity contribution in [1.29, 1.82) is 5.26 Å². The highest BCUT2D eigenvalue weighted by atomic mass is 19.3. The molecule has 0 spiro atoms. The van der Waals surface area contributed by atoms with Gasteiger partial charge in [-0.3, -0.25) is 0 Å². The van der Waals surface area contributed by atoms with E-state index in [0.717, 1.165) is 24.8 Å². The van der Waals surface area contributed by atoms with Gasteiger partial charge in [-0.05, 0) is 30.7 Å². The molecule has 1 aliphatic rings. The van der Waals surface area contributed by atoms with E-state index in [1.165, 1.54) is 12.1 Å². The molecule has 0 aromatic heterocycles. The van der Waals surface area contributed by atoms with E-state index >= 15 is 0 Å². The van der Waals surface area contributed by atoms with Crippen LogP contribution >= 0.6 is 0 Å². The van der Waals surface area contributed by atoms with E-state index in [1.54, 1.807) is 26.0 Å². The molecule has 1 aromatic rings. The van der Waals surface area contributed by atoms with Crippen molar-refractivity contribution >= 4 is 0 Å². The summed E-state index contributed by atoms with van der Waals surface area (Å²) in [6.45, 7) is 3.59. The van der Waals surface area contributed by atoms with Crippen LogP contribution in [-0.4, -0.2) is 0 Å². The minimum atomic E-state index is -2.79. The lowest BCUT2D eigenvalue weighted by atomic mass is 9.65. The van der Waals surface area contributed by atoms with E-state index in [2.05, 4.69) is 6.07 Å². The monoisotopic (exact) mass is 263 g/mol. The summed E-state index contributed by atoms with van der Waals surface area (Å²) in [6, 6.07) is 8.70. The van der Waals surface area contributed by atoms with E-state index < -0.39 is 11.3 Å². The highest BCUT2D eigenvalue weighted by molar-refractivity contribution is 5.37. The first-order chi connectivity index (χ1) is 8.89. The number of nitrogens with zero attached hydrogens (tertiary/aromatic N) is 1. The maximum atomic E-state index is 13.9. The van der Waals surface area contributed by atoms with Crippen LogP contribution in [-0.2, 0) is 11.3 Å². The highest BCUT2D eigenvalue weighted by Crippen LogP contribution is 2.44. The van der Waals surface area contributed by atoms with Gasteiger partial charge in [-0.15, -0.1) is 0 Å². The molecule has 1 saturated carbocycles. The molecule has 3 heteroatoms. The lowest BCUT2D eigenvalue weighted by Crippen LogP contribution is -2.32. The van der Waals surface area contributed by atoms with Gasteiger partial charge in [0.1, 0.15) is 0 Å². The van der Waals surface area contributed by atoms with Crippen LogP contribution in [0.4, 0.5) is 8.78 Å². The molecular formula is C16H19F2N. The SMILES string of the molecule is CC(C)CC(F)(F)c1ccc(C2(C#N)CCC2)cc1. The average Bonchev–Trinajstić information content (AvgIpc) is 2.27. The van der Waals surface area contributed by atoms with Crippen LogP contribution in [0.5, 0.6) is 0 Å². The molecule has 0 bridgehead atoms. The maximum Gasteiger partial charge on any atom is 0.273 e. The van der Waals surface area contributed by atoms with E-state index in [0.29, 0.717) is 0 Å². The van der Waals surface area contributed by atoms with Crippen LogP contribution in [0.1, 0.15) is 50.7 Å². The molecule has 0 heterocycles. The van der Waals surface area contributed by atoms with Crippen LogP contribution in [0, 0.1) is 17.2 Å². The third-order valence-corrected chi connectivity index (χ3v) is 3.95. The van der Waals surface area contributed by atoms with Gasteiger partial charge in [0.2, 0.25) is 0 Å². The Bertz CT molecular complexity index is 478. The molecule has 1 nitrogen and oxygen atoms in total. The van der Waals surface area contributed by atoms with Crippen LogP contribution in [0.15, 0.2) is 24.3 Å². The van der Waals surface area contributed by atoms with Crippen molar-refractivity contribution in [1.82, 2.24) is 0 Å². The molecule has 0 aliphatic heterocycles. The fourth-order valence-corrected chi connectivity index (χ4v) is 2.66. The van der Waals surface area contributed by atoms with E-state index in [4.69, 9.17) is 0 Å². The van der Waals surface area contributed by atoms with Crippen molar-refractivity contribution in [3.63, 3.8) is 0 Å². The number of hydrogen-bond acceptors (Lipinski definition) is 1. The van der Waals surface area contributed by atoms with Crippen LogP contribution in [0.25, 0.3) is 0 Å². The number of benzene rings is 1. The Labute approximate surface area is 113 Å². The van der Waals surface area contributed by atoms with Gasteiger partial charge >= 0.3 is 0 Å². The highest BCUT2D eigenvalue weighted by Gasteiger charge is 2.39. The van der Waals surface area contributed by atoms with Crippen molar-refractivity contribution in [2.24, 2.45) is 5.92 Å². The molecule has 0 unspecified atom stereocenters. The second-order valence-corrected chi connectivity index (χ2v) is 5.93. The third kappa shape index (κ3) is 2.63. The predicted molar refractivity (Wildman–Crippen MR) is 70.9 cm³/mol. The largest absolute Gasteiger partial charge is 0.273 e. The topological polar surface area (TPSA) is 23.8 Å². The number of alkyl halides is 2. The standard InChI is InChI=1S/C16H19F2N/c1-12(2)10-16(17,18)14-6-4-13(5-7-14)15(11-19)8-3-9-15/h4-7,12H,3,8-10H2,1-2H3. The normalized spacial score (nSPS) is 17.9. The summed E-state index contributed by atoms with van der Waals surface area (Å²) >= 11 is 0. The second-order valence-electron chi connectivity index (χ2n) is 5.93. The summed E-state index contributed by atoms with van der Waals surface area (Å²) in [5.41, 5.74) is 0.508. The molecule has 0 radical (unpaired) electrons. The molecule has 1 aromatic carbocycles. The molecule has 0 amide bonds. The first-order valence-electron chi connectivity index (χ1n) is 6.80. The zero-order chi connectivity index (χ0) is 14.1. The van der Waals surface area contributed by atoms with Gasteiger partial charge in [-0.2, -0.15) is 5.26 Å². The third-order valence-electron chi connectivity index (χ3n) is 3.95. The van der Waals surface area contributed by atoms with Crippen LogP contribution in [0.3, 0.4) is 0 Å². The Morgan fingerprint density at radius 1 is 1.26 bits per heavy atom. The Kier molecular flexibility index (Phi) is 3.62. The summed E-state index contributed by atoms with van der Waals surface area (Å²) in [6.07, 6.45) is 2.57. The molecule has 19 heavy (non-hydrogen) atoms. The number of halogens is 2. The van der Waals surface area contributed by atoms with Gasteiger partial charge in [0.05, 0.1) is 11.5 Å². The van der Waals surface area contributed by atoms with Gasteiger partial charge in [0, 0.05) is 12.0 Å². The summed E-state index contributed by atoms with van der Waals surface area (Å²) in [5, 5.41) is 9.24. The van der Waals surface area contributed by atoms with Crippen molar-refractivity contribution in [3.05, 3.63) is 35.4 Å². The average molecular weight is 263 g/mol. The van der Waals surface area contributed by atoms with Crippen LogP contribution in [0.2, 0.25) is 0 Å². The summed E-state index contributed by atoms with van der Waals surface area (Å²) in [4.78, 5) is 0. The molecule has 1 aliphatic carbocycles. The van der Waals surface area contributed by atoms with E-state index in [1.807, 2.05) is 0 Å². The molecule has 0 atom stereocenters. The van der Waals surface area contributed by atoms with Crippen molar-refractivity contribution in [2.75, 3.05) is 0 Å². The second kappa shape index (κ2) is 4.92.